The van der Waals surface area contributed by atoms with Gasteiger partial charge >= 0.3 is 6.18 Å². The molecule has 3 atom stereocenters. The van der Waals surface area contributed by atoms with Crippen LogP contribution in [0.15, 0.2) is 24.4 Å². The molecule has 2 aliphatic heterocycles. The molecule has 3 amide bonds. The summed E-state index contributed by atoms with van der Waals surface area (Å²) in [4.78, 5) is 50.5. The Balaban J connectivity index is 0.00000353. The Bertz CT molecular complexity index is 1600. The molecule has 3 fully saturated rings. The molecular weight excluding hydrogens is 603 g/mol. The Labute approximate surface area is 247 Å². The summed E-state index contributed by atoms with van der Waals surface area (Å²) < 4.78 is 68.5. The number of pyridine rings is 2. The number of thiophene rings is 1. The van der Waals surface area contributed by atoms with Crippen LogP contribution in [0.2, 0.25) is 0 Å². The average molecular weight is 629 g/mol. The Hall–Kier alpha value is -3.19. The second kappa shape index (κ2) is 10.2. The second-order valence-corrected chi connectivity index (χ2v) is 12.6. The minimum absolute atomic E-state index is 0. The average Bonchev–Trinajstić information content (AvgIpc) is 3.33. The van der Waals surface area contributed by atoms with Crippen molar-refractivity contribution in [2.24, 2.45) is 23.2 Å². The molecule has 0 spiro atoms. The van der Waals surface area contributed by atoms with Crippen LogP contribution in [0.5, 0.6) is 0 Å². The molecule has 0 bridgehead atoms. The largest absolute Gasteiger partial charge is 0.433 e. The van der Waals surface area contributed by atoms with Crippen LogP contribution < -0.4 is 0 Å². The summed E-state index contributed by atoms with van der Waals surface area (Å²) in [5.41, 5.74) is -1.23. The van der Waals surface area contributed by atoms with E-state index in [1.54, 1.807) is 6.07 Å². The summed E-state index contributed by atoms with van der Waals surface area (Å²) in [6.07, 6.45) is -5.94. The van der Waals surface area contributed by atoms with Crippen molar-refractivity contribution < 1.29 is 36.3 Å². The van der Waals surface area contributed by atoms with Crippen LogP contribution in [-0.2, 0) is 22.3 Å². The van der Waals surface area contributed by atoms with Crippen molar-refractivity contribution in [3.8, 4) is 11.3 Å². The van der Waals surface area contributed by atoms with Crippen LogP contribution in [-0.4, -0.2) is 57.0 Å². The number of aromatic nitrogens is 2. The standard InChI is InChI=1S/C28H25F5N4O3S.ClH/c1-12-8-17(28(31,32)33)35-21(18(12)24(38)36-7-5-13(10-36)23(29)30)15-4-6-34-16-9-14(41-22(15)16)11-37-25(39)19-20(26(37)40)27(19,2)3;/h4,6,8-9,13,19-20,23H,5,7,10-11H2,1-3H3;1H. The van der Waals surface area contributed by atoms with Crippen LogP contribution in [0.4, 0.5) is 22.0 Å². The molecule has 3 aromatic rings. The van der Waals surface area contributed by atoms with Gasteiger partial charge in [-0.05, 0) is 42.5 Å². The molecule has 3 aliphatic rings. The third kappa shape index (κ3) is 4.74. The van der Waals surface area contributed by atoms with Gasteiger partial charge in [-0.2, -0.15) is 13.2 Å². The van der Waals surface area contributed by atoms with Crippen molar-refractivity contribution >= 4 is 51.7 Å². The van der Waals surface area contributed by atoms with Gasteiger partial charge in [-0.25, -0.2) is 13.8 Å². The normalized spacial score (nSPS) is 23.1. The number of nitrogens with zero attached hydrogens (tertiary/aromatic N) is 4. The summed E-state index contributed by atoms with van der Waals surface area (Å²) in [5.74, 6) is -2.86. The summed E-state index contributed by atoms with van der Waals surface area (Å²) in [6, 6.07) is 3.90. The molecule has 5 heterocycles. The maximum Gasteiger partial charge on any atom is 0.433 e. The second-order valence-electron chi connectivity index (χ2n) is 11.5. The van der Waals surface area contributed by atoms with E-state index in [4.69, 9.17) is 0 Å². The number of fused-ring (bicyclic) bond motifs is 2. The number of halogens is 6. The molecule has 224 valence electrons. The van der Waals surface area contributed by atoms with Crippen LogP contribution in [0.1, 0.15) is 46.8 Å². The zero-order valence-corrected chi connectivity index (χ0v) is 24.3. The number of imide groups is 1. The van der Waals surface area contributed by atoms with Gasteiger partial charge in [0.05, 0.1) is 39.9 Å². The highest BCUT2D eigenvalue weighted by Crippen LogP contribution is 2.63. The zero-order chi connectivity index (χ0) is 29.6. The van der Waals surface area contributed by atoms with Crippen molar-refractivity contribution in [1.29, 1.82) is 0 Å². The van der Waals surface area contributed by atoms with Gasteiger partial charge < -0.3 is 4.90 Å². The van der Waals surface area contributed by atoms with E-state index in [9.17, 15) is 36.3 Å². The fourth-order valence-electron chi connectivity index (χ4n) is 6.19. The number of alkyl halides is 5. The van der Waals surface area contributed by atoms with Gasteiger partial charge in [-0.3, -0.25) is 24.3 Å². The molecule has 3 unspecified atom stereocenters. The molecular formula is C28H26ClF5N4O3S. The predicted octanol–water partition coefficient (Wildman–Crippen LogP) is 5.98. The van der Waals surface area contributed by atoms with Gasteiger partial charge in [0.15, 0.2) is 0 Å². The van der Waals surface area contributed by atoms with Crippen molar-refractivity contribution in [2.45, 2.75) is 46.3 Å². The number of piperidine rings is 1. The number of amides is 3. The van der Waals surface area contributed by atoms with Crippen LogP contribution in [0.25, 0.3) is 21.5 Å². The first-order valence-corrected chi connectivity index (χ1v) is 13.9. The van der Waals surface area contributed by atoms with Crippen LogP contribution in [0.3, 0.4) is 0 Å². The first-order valence-electron chi connectivity index (χ1n) is 13.1. The van der Waals surface area contributed by atoms with Gasteiger partial charge in [0, 0.05) is 35.6 Å². The van der Waals surface area contributed by atoms with Gasteiger partial charge in [-0.1, -0.05) is 13.8 Å². The van der Waals surface area contributed by atoms with E-state index in [2.05, 4.69) is 9.97 Å². The Morgan fingerprint density at radius 3 is 2.43 bits per heavy atom. The highest BCUT2D eigenvalue weighted by Gasteiger charge is 2.72. The molecule has 2 saturated heterocycles. The number of rotatable bonds is 5. The Kier molecular flexibility index (Phi) is 7.36. The summed E-state index contributed by atoms with van der Waals surface area (Å²) in [5, 5.41) is 0. The van der Waals surface area contributed by atoms with Crippen LogP contribution >= 0.6 is 23.7 Å². The van der Waals surface area contributed by atoms with E-state index in [0.29, 0.717) is 15.1 Å². The lowest BCUT2D eigenvalue weighted by Gasteiger charge is -2.21. The van der Waals surface area contributed by atoms with Crippen molar-refractivity contribution in [3.63, 3.8) is 0 Å². The lowest BCUT2D eigenvalue weighted by molar-refractivity contribution is -0.144. The molecule has 1 aliphatic carbocycles. The topological polar surface area (TPSA) is 83.5 Å². The number of carbonyl (C=O) groups excluding carboxylic acids is 3. The highest BCUT2D eigenvalue weighted by molar-refractivity contribution is 7.19. The molecule has 6 rings (SSSR count). The quantitative estimate of drug-likeness (QED) is 0.257. The van der Waals surface area contributed by atoms with E-state index in [-0.39, 0.29) is 89.9 Å². The van der Waals surface area contributed by atoms with E-state index < -0.39 is 30.1 Å². The first-order chi connectivity index (χ1) is 19.2. The Morgan fingerprint density at radius 2 is 1.83 bits per heavy atom. The first kappa shape index (κ1) is 30.3. The predicted molar refractivity (Wildman–Crippen MR) is 146 cm³/mol. The smallest absolute Gasteiger partial charge is 0.338 e. The molecule has 0 N–H and O–H groups in total. The van der Waals surface area contributed by atoms with Crippen LogP contribution in [0, 0.1) is 30.1 Å². The molecule has 3 aromatic heterocycles. The third-order valence-corrected chi connectivity index (χ3v) is 9.66. The molecule has 0 aromatic carbocycles. The fraction of sp³-hybridized carbons (Fsp3) is 0.464. The molecule has 7 nitrogen and oxygen atoms in total. The zero-order valence-electron chi connectivity index (χ0n) is 22.7. The van der Waals surface area contributed by atoms with E-state index in [0.717, 1.165) is 17.4 Å². The minimum atomic E-state index is -4.80. The van der Waals surface area contributed by atoms with E-state index in [1.165, 1.54) is 29.0 Å². The summed E-state index contributed by atoms with van der Waals surface area (Å²) in [7, 11) is 0. The number of hydrogen-bond acceptors (Lipinski definition) is 6. The summed E-state index contributed by atoms with van der Waals surface area (Å²) in [6.45, 7) is 4.98. The number of aryl methyl sites for hydroxylation is 1. The molecule has 42 heavy (non-hydrogen) atoms. The molecule has 0 radical (unpaired) electrons. The minimum Gasteiger partial charge on any atom is -0.338 e. The van der Waals surface area contributed by atoms with Gasteiger partial charge in [0.1, 0.15) is 5.69 Å². The monoisotopic (exact) mass is 628 g/mol. The maximum absolute atomic E-state index is 13.8. The van der Waals surface area contributed by atoms with Crippen molar-refractivity contribution in [2.75, 3.05) is 13.1 Å². The fourth-order valence-corrected chi connectivity index (χ4v) is 7.30. The third-order valence-electron chi connectivity index (χ3n) is 8.51. The van der Waals surface area contributed by atoms with Gasteiger partial charge in [-0.15, -0.1) is 23.7 Å². The highest BCUT2D eigenvalue weighted by atomic mass is 35.5. The van der Waals surface area contributed by atoms with Crippen molar-refractivity contribution in [3.05, 3.63) is 46.1 Å². The van der Waals surface area contributed by atoms with Gasteiger partial charge in [0.25, 0.3) is 5.91 Å². The molecule has 14 heteroatoms. The molecule has 1 saturated carbocycles. The van der Waals surface area contributed by atoms with E-state index in [1.807, 2.05) is 13.8 Å². The van der Waals surface area contributed by atoms with Crippen molar-refractivity contribution in [1.82, 2.24) is 19.8 Å². The Morgan fingerprint density at radius 1 is 1.17 bits per heavy atom. The number of hydrogen-bond donors (Lipinski definition) is 0. The van der Waals surface area contributed by atoms with E-state index >= 15 is 0 Å². The lowest BCUT2D eigenvalue weighted by Crippen LogP contribution is -2.35. The number of carbonyl (C=O) groups is 3. The number of likely N-dealkylation sites (tertiary alicyclic amines) is 2. The maximum atomic E-state index is 13.8. The lowest BCUT2D eigenvalue weighted by atomic mass is 9.99. The SMILES string of the molecule is Cc1cc(C(F)(F)F)nc(-c2ccnc3cc(CN4C(=O)C5C(C4=O)C5(C)C)sc23)c1C(=O)N1CCC(C(F)F)C1.Cl. The van der Waals surface area contributed by atoms with Gasteiger partial charge in [0.2, 0.25) is 18.2 Å². The summed E-state index contributed by atoms with van der Waals surface area (Å²) >= 11 is 1.15.